The molecule has 0 heterocycles. The van der Waals surface area contributed by atoms with E-state index >= 15 is 0 Å². The first-order valence-electron chi connectivity index (χ1n) is 12.5. The van der Waals surface area contributed by atoms with E-state index in [0.717, 1.165) is 82.4 Å². The number of rotatable bonds is 21. The maximum absolute atomic E-state index is 13.1. The Morgan fingerprint density at radius 1 is 0.621 bits per heavy atom. The van der Waals surface area contributed by atoms with Crippen LogP contribution in [0.25, 0.3) is 0 Å². The topological polar surface area (TPSA) is 55.8 Å². The molecule has 0 rings (SSSR count). The predicted octanol–water partition coefficient (Wildman–Crippen LogP) is 8.76. The van der Waals surface area contributed by atoms with Gasteiger partial charge in [0.1, 0.15) is 0 Å². The molecule has 29 heavy (non-hydrogen) atoms. The molecule has 0 aromatic rings. The second kappa shape index (κ2) is 16.2. The average Bonchev–Trinajstić information content (AvgIpc) is 2.67. The monoisotopic (exact) mass is 454 g/mol. The summed E-state index contributed by atoms with van der Waals surface area (Å²) in [7, 11) is -4.03. The molecule has 1 atom stereocenters. The van der Waals surface area contributed by atoms with E-state index in [-0.39, 0.29) is 6.61 Å². The molecule has 0 saturated carbocycles. The van der Waals surface area contributed by atoms with Gasteiger partial charge in [-0.05, 0) is 0 Å². The van der Waals surface area contributed by atoms with Crippen LogP contribution in [0.15, 0.2) is 0 Å². The molecule has 0 aromatic carbocycles. The molecular formula is C23H52O4P2. The summed E-state index contributed by atoms with van der Waals surface area (Å²) < 4.78 is 25.0. The van der Waals surface area contributed by atoms with Gasteiger partial charge in [0.25, 0.3) is 0 Å². The quantitative estimate of drug-likeness (QED) is 0.139. The molecule has 0 aliphatic rings. The van der Waals surface area contributed by atoms with Gasteiger partial charge >= 0.3 is 182 Å². The predicted molar refractivity (Wildman–Crippen MR) is 132 cm³/mol. The Labute approximate surface area is 182 Å². The second-order valence-electron chi connectivity index (χ2n) is 8.96. The Bertz CT molecular complexity index is 391. The normalized spacial score (nSPS) is 15.7. The molecule has 4 nitrogen and oxygen atoms in total. The van der Waals surface area contributed by atoms with E-state index in [2.05, 4.69) is 27.7 Å². The van der Waals surface area contributed by atoms with Crippen molar-refractivity contribution in [2.24, 2.45) is 0 Å². The third-order valence-electron chi connectivity index (χ3n) is 6.10. The molecule has 0 aliphatic carbocycles. The van der Waals surface area contributed by atoms with E-state index in [1.165, 1.54) is 25.7 Å². The molecule has 0 amide bonds. The molecular weight excluding hydrogens is 402 g/mol. The molecule has 1 unspecified atom stereocenters. The number of hydrogen-bond donors (Lipinski definition) is 1. The van der Waals surface area contributed by atoms with Gasteiger partial charge in [-0.1, -0.05) is 0 Å². The van der Waals surface area contributed by atoms with Crippen molar-refractivity contribution >= 4 is 14.7 Å². The summed E-state index contributed by atoms with van der Waals surface area (Å²) in [4.78, 5) is 10.7. The van der Waals surface area contributed by atoms with Gasteiger partial charge < -0.3 is 0 Å². The van der Waals surface area contributed by atoms with Gasteiger partial charge in [-0.3, -0.25) is 0 Å². The third-order valence-corrected chi connectivity index (χ3v) is 15.1. The summed E-state index contributed by atoms with van der Waals surface area (Å²) in [5.41, 5.74) is 0. The molecule has 0 bridgehead atoms. The van der Waals surface area contributed by atoms with Crippen LogP contribution in [-0.2, 0) is 13.4 Å². The van der Waals surface area contributed by atoms with Gasteiger partial charge in [0.05, 0.1) is 0 Å². The van der Waals surface area contributed by atoms with E-state index in [9.17, 15) is 9.46 Å². The standard InChI is InChI=1S/C23H52O4P2/c1-6-11-15-20-29(21-16-12-7-2,22-17-13-8-3,23-18-14-9-4)27-28(24,25)26-19-10-5/h6-23H2,1-5H3,(H,24,25). The van der Waals surface area contributed by atoms with Crippen molar-refractivity contribution in [3.8, 4) is 0 Å². The van der Waals surface area contributed by atoms with Crippen molar-refractivity contribution in [2.45, 2.75) is 118 Å². The Morgan fingerprint density at radius 2 is 0.966 bits per heavy atom. The van der Waals surface area contributed by atoms with Crippen LogP contribution in [0.2, 0.25) is 0 Å². The molecule has 0 spiro atoms. The van der Waals surface area contributed by atoms with Crippen molar-refractivity contribution in [2.75, 3.05) is 31.3 Å². The fourth-order valence-electron chi connectivity index (χ4n) is 4.40. The van der Waals surface area contributed by atoms with E-state index in [1.807, 2.05) is 6.92 Å². The summed E-state index contributed by atoms with van der Waals surface area (Å²) in [5, 5.41) is 0. The van der Waals surface area contributed by atoms with E-state index in [0.29, 0.717) is 0 Å². The second-order valence-corrected chi connectivity index (χ2v) is 16.3. The fourth-order valence-corrected chi connectivity index (χ4v) is 14.1. The van der Waals surface area contributed by atoms with Gasteiger partial charge in [0.15, 0.2) is 0 Å². The van der Waals surface area contributed by atoms with Gasteiger partial charge in [-0.2, -0.15) is 0 Å². The summed E-state index contributed by atoms with van der Waals surface area (Å²) in [6.45, 7) is 8.33. The Kier molecular flexibility index (Phi) is 16.5. The minimum atomic E-state index is -4.03. The van der Waals surface area contributed by atoms with Crippen molar-refractivity contribution in [1.82, 2.24) is 0 Å². The summed E-state index contributed by atoms with van der Waals surface area (Å²) in [6.07, 6.45) is 18.4. The molecule has 1 N–H and O–H groups in total. The van der Waals surface area contributed by atoms with Crippen LogP contribution in [0.1, 0.15) is 118 Å². The van der Waals surface area contributed by atoms with Crippen molar-refractivity contribution in [1.29, 1.82) is 0 Å². The Morgan fingerprint density at radius 3 is 1.24 bits per heavy atom. The van der Waals surface area contributed by atoms with Crippen LogP contribution in [0.3, 0.4) is 0 Å². The molecule has 0 aliphatic heterocycles. The van der Waals surface area contributed by atoms with Gasteiger partial charge in [-0.25, -0.2) is 0 Å². The first-order valence-corrected chi connectivity index (χ1v) is 16.9. The van der Waals surface area contributed by atoms with Crippen LogP contribution in [0, 0.1) is 0 Å². The van der Waals surface area contributed by atoms with E-state index in [4.69, 9.17) is 8.83 Å². The minimum absolute atomic E-state index is 0.286. The van der Waals surface area contributed by atoms with E-state index in [1.54, 1.807) is 0 Å². The number of unbranched alkanes of at least 4 members (excludes halogenated alkanes) is 8. The zero-order valence-corrected chi connectivity index (χ0v) is 22.1. The molecule has 0 saturated heterocycles. The van der Waals surface area contributed by atoms with Crippen LogP contribution >= 0.6 is 14.7 Å². The average molecular weight is 455 g/mol. The molecule has 6 heteroatoms. The summed E-state index contributed by atoms with van der Waals surface area (Å²) in [6, 6.07) is 0. The number of phosphoric ester groups is 1. The van der Waals surface area contributed by atoms with Crippen LogP contribution in [-0.4, -0.2) is 36.1 Å². The first kappa shape index (κ1) is 29.5. The Hall–Kier alpha value is 0.540. The molecule has 178 valence electrons. The van der Waals surface area contributed by atoms with Crippen molar-refractivity contribution < 1.29 is 18.3 Å². The van der Waals surface area contributed by atoms with Crippen LogP contribution in [0.4, 0.5) is 0 Å². The third kappa shape index (κ3) is 12.2. The van der Waals surface area contributed by atoms with E-state index < -0.39 is 14.7 Å². The number of phosphoric acid groups is 1. The zero-order valence-electron chi connectivity index (χ0n) is 20.3. The molecule has 0 aromatic heterocycles. The van der Waals surface area contributed by atoms with Gasteiger partial charge in [0.2, 0.25) is 0 Å². The van der Waals surface area contributed by atoms with Crippen molar-refractivity contribution in [3.05, 3.63) is 0 Å². The van der Waals surface area contributed by atoms with Crippen LogP contribution < -0.4 is 0 Å². The number of hydrogen-bond acceptors (Lipinski definition) is 3. The molecule has 0 radical (unpaired) electrons. The SMILES string of the molecule is CCCCCP(CCCCC)(CCCCC)(CCCCC)OP(=O)(O)OCCC. The van der Waals surface area contributed by atoms with Crippen LogP contribution in [0.5, 0.6) is 0 Å². The Balaban J connectivity index is 5.98. The van der Waals surface area contributed by atoms with Crippen molar-refractivity contribution in [3.63, 3.8) is 0 Å². The first-order chi connectivity index (χ1) is 13.8. The zero-order chi connectivity index (χ0) is 22.1. The van der Waals surface area contributed by atoms with Gasteiger partial charge in [-0.15, -0.1) is 0 Å². The fraction of sp³-hybridized carbons (Fsp3) is 1.00. The van der Waals surface area contributed by atoms with Gasteiger partial charge in [0, 0.05) is 0 Å². The maximum atomic E-state index is 13.1. The summed E-state index contributed by atoms with van der Waals surface area (Å²) in [5.74, 6) is 0. The molecule has 0 fully saturated rings. The summed E-state index contributed by atoms with van der Waals surface area (Å²) >= 11 is 0.